The molecule has 2 N–H and O–H groups in total. The van der Waals surface area contributed by atoms with Crippen molar-refractivity contribution in [1.29, 1.82) is 0 Å². The van der Waals surface area contributed by atoms with Gasteiger partial charge in [-0.05, 0) is 60.2 Å². The normalized spacial score (nSPS) is 19.8. The molecule has 1 unspecified atom stereocenters. The third-order valence-electron chi connectivity index (χ3n) is 2.83. The molecule has 1 fully saturated rings. The first-order chi connectivity index (χ1) is 7.66. The highest BCUT2D eigenvalue weighted by Crippen LogP contribution is 2.13. The molecule has 1 aliphatic rings. The van der Waals surface area contributed by atoms with Gasteiger partial charge in [0.2, 0.25) is 0 Å². The van der Waals surface area contributed by atoms with Gasteiger partial charge in [-0.2, -0.15) is 0 Å². The molecule has 1 amide bonds. The third-order valence-corrected chi connectivity index (χ3v) is 3.99. The number of carbonyl (C=O) groups is 1. The van der Waals surface area contributed by atoms with Crippen LogP contribution in [0, 0.1) is 10.5 Å². The summed E-state index contributed by atoms with van der Waals surface area (Å²) in [6, 6.07) is 6.10. The molecule has 0 bridgehead atoms. The first kappa shape index (κ1) is 11.9. The minimum atomic E-state index is 0.0339. The van der Waals surface area contributed by atoms with Crippen LogP contribution in [0.15, 0.2) is 18.2 Å². The summed E-state index contributed by atoms with van der Waals surface area (Å²) in [4.78, 5) is 11.9. The fourth-order valence-corrected chi connectivity index (χ4v) is 2.30. The van der Waals surface area contributed by atoms with E-state index in [9.17, 15) is 4.79 Å². The van der Waals surface area contributed by atoms with Crippen LogP contribution in [0.3, 0.4) is 0 Å². The molecule has 4 heteroatoms. The number of halogens is 1. The smallest absolute Gasteiger partial charge is 0.251 e. The molecule has 0 radical (unpaired) electrons. The highest BCUT2D eigenvalue weighted by Gasteiger charge is 2.17. The molecular formula is C12H15IN2O. The highest BCUT2D eigenvalue weighted by atomic mass is 127. The summed E-state index contributed by atoms with van der Waals surface area (Å²) < 4.78 is 1.13. The molecule has 0 saturated carbocycles. The highest BCUT2D eigenvalue weighted by molar-refractivity contribution is 14.1. The second-order valence-corrected chi connectivity index (χ2v) is 5.29. The first-order valence-electron chi connectivity index (χ1n) is 5.44. The lowest BCUT2D eigenvalue weighted by Crippen LogP contribution is -2.36. The zero-order valence-corrected chi connectivity index (χ0v) is 11.4. The van der Waals surface area contributed by atoms with E-state index in [4.69, 9.17) is 0 Å². The largest absolute Gasteiger partial charge is 0.348 e. The van der Waals surface area contributed by atoms with Crippen LogP contribution in [0.1, 0.15) is 22.3 Å². The molecule has 16 heavy (non-hydrogen) atoms. The molecule has 3 nitrogen and oxygen atoms in total. The van der Waals surface area contributed by atoms with Crippen LogP contribution >= 0.6 is 22.6 Å². The van der Waals surface area contributed by atoms with E-state index in [1.54, 1.807) is 0 Å². The van der Waals surface area contributed by atoms with E-state index in [2.05, 4.69) is 33.2 Å². The van der Waals surface area contributed by atoms with Crippen molar-refractivity contribution in [2.24, 2.45) is 0 Å². The number of rotatable bonds is 2. The van der Waals surface area contributed by atoms with Crippen LogP contribution in [0.4, 0.5) is 0 Å². The summed E-state index contributed by atoms with van der Waals surface area (Å²) in [5, 5.41) is 6.27. The van der Waals surface area contributed by atoms with Gasteiger partial charge in [-0.1, -0.05) is 6.07 Å². The Hall–Kier alpha value is -0.620. The molecule has 86 valence electrons. The Balaban J connectivity index is 2.05. The van der Waals surface area contributed by atoms with Crippen molar-refractivity contribution in [2.75, 3.05) is 13.1 Å². The van der Waals surface area contributed by atoms with E-state index in [-0.39, 0.29) is 11.9 Å². The van der Waals surface area contributed by atoms with E-state index in [1.165, 1.54) is 5.56 Å². The molecule has 1 saturated heterocycles. The fourth-order valence-electron chi connectivity index (χ4n) is 1.78. The summed E-state index contributed by atoms with van der Waals surface area (Å²) in [6.07, 6.45) is 1.02. The fraction of sp³-hybridized carbons (Fsp3) is 0.417. The Kier molecular flexibility index (Phi) is 3.81. The zero-order valence-electron chi connectivity index (χ0n) is 9.22. The molecule has 1 aromatic carbocycles. The predicted octanol–water partition coefficient (Wildman–Crippen LogP) is 1.69. The van der Waals surface area contributed by atoms with Crippen molar-refractivity contribution in [2.45, 2.75) is 19.4 Å². The standard InChI is InChI=1S/C12H15IN2O/c1-8-2-3-9(6-11(8)13)12(16)15-10-4-5-14-7-10/h2-3,6,10,14H,4-5,7H2,1H3,(H,15,16). The molecule has 1 atom stereocenters. The van der Waals surface area contributed by atoms with Crippen LogP contribution in [0.25, 0.3) is 0 Å². The van der Waals surface area contributed by atoms with Gasteiger partial charge in [0.1, 0.15) is 0 Å². The Morgan fingerprint density at radius 1 is 1.56 bits per heavy atom. The SMILES string of the molecule is Cc1ccc(C(=O)NC2CCNC2)cc1I. The molecule has 0 aromatic heterocycles. The zero-order chi connectivity index (χ0) is 11.5. The predicted molar refractivity (Wildman–Crippen MR) is 72.6 cm³/mol. The molecule has 1 heterocycles. The minimum absolute atomic E-state index is 0.0339. The van der Waals surface area contributed by atoms with Gasteiger partial charge in [0, 0.05) is 21.7 Å². The van der Waals surface area contributed by atoms with Gasteiger partial charge in [-0.25, -0.2) is 0 Å². The van der Waals surface area contributed by atoms with Crippen molar-refractivity contribution in [3.63, 3.8) is 0 Å². The molecule has 0 spiro atoms. The Morgan fingerprint density at radius 2 is 2.38 bits per heavy atom. The van der Waals surface area contributed by atoms with Crippen LogP contribution in [-0.4, -0.2) is 25.0 Å². The maximum absolute atomic E-state index is 11.9. The van der Waals surface area contributed by atoms with E-state index < -0.39 is 0 Å². The lowest BCUT2D eigenvalue weighted by atomic mass is 10.1. The van der Waals surface area contributed by atoms with Crippen LogP contribution in [0.2, 0.25) is 0 Å². The number of carbonyl (C=O) groups excluding carboxylic acids is 1. The molecule has 2 rings (SSSR count). The summed E-state index contributed by atoms with van der Waals surface area (Å²) >= 11 is 2.26. The second kappa shape index (κ2) is 5.14. The van der Waals surface area contributed by atoms with Crippen molar-refractivity contribution >= 4 is 28.5 Å². The van der Waals surface area contributed by atoms with Gasteiger partial charge < -0.3 is 10.6 Å². The van der Waals surface area contributed by atoms with Crippen molar-refractivity contribution in [1.82, 2.24) is 10.6 Å². The average molecular weight is 330 g/mol. The summed E-state index contributed by atoms with van der Waals surface area (Å²) in [5.41, 5.74) is 1.96. The Labute approximate surface area is 109 Å². The van der Waals surface area contributed by atoms with Gasteiger partial charge in [0.15, 0.2) is 0 Å². The summed E-state index contributed by atoms with van der Waals surface area (Å²) in [7, 11) is 0. The lowest BCUT2D eigenvalue weighted by Gasteiger charge is -2.11. The van der Waals surface area contributed by atoms with Crippen molar-refractivity contribution < 1.29 is 4.79 Å². The van der Waals surface area contributed by atoms with Gasteiger partial charge >= 0.3 is 0 Å². The number of hydrogen-bond acceptors (Lipinski definition) is 2. The molecular weight excluding hydrogens is 315 g/mol. The van der Waals surface area contributed by atoms with Crippen LogP contribution in [0.5, 0.6) is 0 Å². The number of hydrogen-bond donors (Lipinski definition) is 2. The van der Waals surface area contributed by atoms with E-state index in [1.807, 2.05) is 25.1 Å². The monoisotopic (exact) mass is 330 g/mol. The van der Waals surface area contributed by atoms with Crippen LogP contribution < -0.4 is 10.6 Å². The van der Waals surface area contributed by atoms with E-state index in [0.717, 1.165) is 28.6 Å². The first-order valence-corrected chi connectivity index (χ1v) is 6.52. The molecule has 1 aromatic rings. The Bertz CT molecular complexity index is 400. The van der Waals surface area contributed by atoms with E-state index in [0.29, 0.717) is 0 Å². The van der Waals surface area contributed by atoms with Crippen molar-refractivity contribution in [3.8, 4) is 0 Å². The number of aryl methyl sites for hydroxylation is 1. The maximum Gasteiger partial charge on any atom is 0.251 e. The van der Waals surface area contributed by atoms with Gasteiger partial charge in [0.25, 0.3) is 5.91 Å². The number of amides is 1. The quantitative estimate of drug-likeness (QED) is 0.811. The second-order valence-electron chi connectivity index (χ2n) is 4.13. The van der Waals surface area contributed by atoms with Gasteiger partial charge in [-0.15, -0.1) is 0 Å². The number of benzene rings is 1. The van der Waals surface area contributed by atoms with Gasteiger partial charge in [-0.3, -0.25) is 4.79 Å². The average Bonchev–Trinajstić information content (AvgIpc) is 2.74. The summed E-state index contributed by atoms with van der Waals surface area (Å²) in [6.45, 7) is 3.93. The minimum Gasteiger partial charge on any atom is -0.348 e. The molecule has 1 aliphatic heterocycles. The molecule has 0 aliphatic carbocycles. The van der Waals surface area contributed by atoms with Crippen molar-refractivity contribution in [3.05, 3.63) is 32.9 Å². The lowest BCUT2D eigenvalue weighted by molar-refractivity contribution is 0.0940. The topological polar surface area (TPSA) is 41.1 Å². The van der Waals surface area contributed by atoms with Gasteiger partial charge in [0.05, 0.1) is 0 Å². The Morgan fingerprint density at radius 3 is 3.00 bits per heavy atom. The number of nitrogens with one attached hydrogen (secondary N) is 2. The van der Waals surface area contributed by atoms with Crippen LogP contribution in [-0.2, 0) is 0 Å². The van der Waals surface area contributed by atoms with E-state index >= 15 is 0 Å². The maximum atomic E-state index is 11.9. The summed E-state index contributed by atoms with van der Waals surface area (Å²) in [5.74, 6) is 0.0339. The third kappa shape index (κ3) is 2.74.